The molecule has 0 amide bonds. The normalized spacial score (nSPS) is 11.5. The number of hydrogen-bond acceptors (Lipinski definition) is 5. The first kappa shape index (κ1) is 22.5. The molecule has 4 aromatic rings. The van der Waals surface area contributed by atoms with E-state index in [1.165, 1.54) is 0 Å². The quantitative estimate of drug-likeness (QED) is 0.351. The first-order valence-electron chi connectivity index (χ1n) is 9.93. The monoisotopic (exact) mass is 473 g/mol. The Bertz CT molecular complexity index is 1360. The lowest BCUT2D eigenvalue weighted by Gasteiger charge is -2.20. The Morgan fingerprint density at radius 1 is 1.00 bits per heavy atom. The zero-order chi connectivity index (χ0) is 23.4. The predicted molar refractivity (Wildman–Crippen MR) is 125 cm³/mol. The highest BCUT2D eigenvalue weighted by molar-refractivity contribution is 6.35. The molecular weight excluding hydrogens is 457 g/mol. The number of imidazole rings is 1. The van der Waals surface area contributed by atoms with Crippen molar-refractivity contribution in [2.75, 3.05) is 0 Å². The van der Waals surface area contributed by atoms with Crippen LogP contribution in [-0.4, -0.2) is 14.5 Å². The molecule has 2 heterocycles. The first-order chi connectivity index (χ1) is 16.0. The van der Waals surface area contributed by atoms with E-state index >= 15 is 0 Å². The van der Waals surface area contributed by atoms with Gasteiger partial charge in [0.1, 0.15) is 17.9 Å². The summed E-state index contributed by atoms with van der Waals surface area (Å²) in [6.45, 7) is 0.202. The van der Waals surface area contributed by atoms with E-state index < -0.39 is 6.10 Å². The smallest absolute Gasteiger partial charge is 0.141 e. The van der Waals surface area contributed by atoms with Crippen LogP contribution in [0.1, 0.15) is 34.2 Å². The molecule has 0 saturated carbocycles. The molecule has 6 nitrogen and oxygen atoms in total. The lowest BCUT2D eigenvalue weighted by molar-refractivity contribution is 0.0623. The first-order valence-corrected chi connectivity index (χ1v) is 10.7. The van der Waals surface area contributed by atoms with Gasteiger partial charge in [-0.3, -0.25) is 0 Å². The molecule has 8 heteroatoms. The van der Waals surface area contributed by atoms with Gasteiger partial charge in [-0.15, -0.1) is 0 Å². The zero-order valence-electron chi connectivity index (χ0n) is 17.5. The van der Waals surface area contributed by atoms with Crippen LogP contribution in [0.2, 0.25) is 10.0 Å². The Hall–Kier alpha value is -3.68. The van der Waals surface area contributed by atoms with Crippen LogP contribution in [0.4, 0.5) is 0 Å². The van der Waals surface area contributed by atoms with E-state index in [-0.39, 0.29) is 12.3 Å². The van der Waals surface area contributed by atoms with Crippen molar-refractivity contribution in [1.82, 2.24) is 14.5 Å². The molecule has 0 N–H and O–H groups in total. The van der Waals surface area contributed by atoms with Crippen molar-refractivity contribution in [3.63, 3.8) is 0 Å². The summed E-state index contributed by atoms with van der Waals surface area (Å²) in [5.74, 6) is 0. The van der Waals surface area contributed by atoms with Crippen molar-refractivity contribution in [2.45, 2.75) is 12.7 Å². The summed E-state index contributed by atoms with van der Waals surface area (Å²) < 4.78 is 8.26. The van der Waals surface area contributed by atoms with Crippen LogP contribution >= 0.6 is 23.2 Å². The highest BCUT2D eigenvalue weighted by Crippen LogP contribution is 2.32. The van der Waals surface area contributed by atoms with Crippen LogP contribution in [0.25, 0.3) is 11.3 Å². The topological polar surface area (TPSA) is 87.5 Å². The molecule has 0 aliphatic heterocycles. The number of hydrogen-bond donors (Lipinski definition) is 0. The summed E-state index contributed by atoms with van der Waals surface area (Å²) >= 11 is 12.4. The molecule has 2 aromatic carbocycles. The van der Waals surface area contributed by atoms with Gasteiger partial charge in [-0.2, -0.15) is 10.5 Å². The standard InChI is InChI=1S/C25H17Cl2N5O/c1-32-15-30-13-23(32)25(17-4-2-16(11-28)3-5-17)33-14-18-6-7-22(12-29)31-24(18)19-8-20(26)10-21(27)9-19/h2-10,13,15,25H,14H2,1H3. The number of aryl methyl sites for hydroxylation is 1. The van der Waals surface area contributed by atoms with Crippen LogP contribution in [0.3, 0.4) is 0 Å². The third-order valence-corrected chi connectivity index (χ3v) is 5.54. The van der Waals surface area contributed by atoms with E-state index in [0.29, 0.717) is 26.9 Å². The van der Waals surface area contributed by atoms with Gasteiger partial charge in [-0.25, -0.2) is 9.97 Å². The van der Waals surface area contributed by atoms with E-state index in [1.54, 1.807) is 48.9 Å². The summed E-state index contributed by atoms with van der Waals surface area (Å²) in [6.07, 6.45) is 3.02. The van der Waals surface area contributed by atoms with E-state index in [2.05, 4.69) is 22.1 Å². The second-order valence-corrected chi connectivity index (χ2v) is 8.20. The number of benzene rings is 2. The highest BCUT2D eigenvalue weighted by atomic mass is 35.5. The summed E-state index contributed by atoms with van der Waals surface area (Å²) in [4.78, 5) is 8.70. The van der Waals surface area contributed by atoms with Gasteiger partial charge < -0.3 is 9.30 Å². The fourth-order valence-corrected chi connectivity index (χ4v) is 4.01. The highest BCUT2D eigenvalue weighted by Gasteiger charge is 2.20. The fourth-order valence-electron chi connectivity index (χ4n) is 3.49. The number of pyridine rings is 1. The van der Waals surface area contributed by atoms with Gasteiger partial charge >= 0.3 is 0 Å². The average Bonchev–Trinajstić information content (AvgIpc) is 3.24. The Morgan fingerprint density at radius 2 is 1.73 bits per heavy atom. The molecule has 2 aromatic heterocycles. The number of ether oxygens (including phenoxy) is 1. The van der Waals surface area contributed by atoms with Crippen LogP contribution in [0.5, 0.6) is 0 Å². The maximum absolute atomic E-state index is 9.35. The summed E-state index contributed by atoms with van der Waals surface area (Å²) in [5, 5.41) is 19.4. The molecule has 0 saturated heterocycles. The predicted octanol–water partition coefficient (Wildman–Crippen LogP) is 5.84. The molecule has 1 atom stereocenters. The van der Waals surface area contributed by atoms with Gasteiger partial charge in [0, 0.05) is 28.2 Å². The third-order valence-electron chi connectivity index (χ3n) is 5.10. The van der Waals surface area contributed by atoms with Gasteiger partial charge in [0.15, 0.2) is 0 Å². The molecule has 4 rings (SSSR count). The molecule has 0 radical (unpaired) electrons. The maximum Gasteiger partial charge on any atom is 0.141 e. The van der Waals surface area contributed by atoms with Crippen LogP contribution in [-0.2, 0) is 18.4 Å². The Morgan fingerprint density at radius 3 is 2.33 bits per heavy atom. The minimum Gasteiger partial charge on any atom is -0.362 e. The fraction of sp³-hybridized carbons (Fsp3) is 0.120. The largest absolute Gasteiger partial charge is 0.362 e. The van der Waals surface area contributed by atoms with Gasteiger partial charge in [-0.1, -0.05) is 41.4 Å². The molecule has 0 fully saturated rings. The Kier molecular flexibility index (Phi) is 6.72. The molecule has 0 aliphatic carbocycles. The Balaban J connectivity index is 1.71. The summed E-state index contributed by atoms with van der Waals surface area (Å²) in [5.41, 5.74) is 4.62. The van der Waals surface area contributed by atoms with Crippen molar-refractivity contribution in [3.8, 4) is 23.4 Å². The lowest BCUT2D eigenvalue weighted by atomic mass is 10.0. The van der Waals surface area contributed by atoms with Gasteiger partial charge in [0.05, 0.1) is 42.2 Å². The second kappa shape index (κ2) is 9.85. The lowest BCUT2D eigenvalue weighted by Crippen LogP contribution is -2.11. The van der Waals surface area contributed by atoms with Gasteiger partial charge in [0.25, 0.3) is 0 Å². The SMILES string of the molecule is Cn1cncc1C(OCc1ccc(C#N)nc1-c1cc(Cl)cc(Cl)c1)c1ccc(C#N)cc1. The van der Waals surface area contributed by atoms with Crippen LogP contribution in [0.15, 0.2) is 67.1 Å². The molecule has 0 spiro atoms. The van der Waals surface area contributed by atoms with Crippen molar-refractivity contribution in [3.05, 3.63) is 105 Å². The van der Waals surface area contributed by atoms with Crippen molar-refractivity contribution in [2.24, 2.45) is 7.05 Å². The third kappa shape index (κ3) is 5.05. The second-order valence-electron chi connectivity index (χ2n) is 7.33. The molecule has 33 heavy (non-hydrogen) atoms. The number of nitrogens with zero attached hydrogens (tertiary/aromatic N) is 5. The minimum atomic E-state index is -0.434. The Labute approximate surface area is 201 Å². The number of nitriles is 2. The van der Waals surface area contributed by atoms with Crippen molar-refractivity contribution >= 4 is 23.2 Å². The average molecular weight is 474 g/mol. The molecule has 162 valence electrons. The van der Waals surface area contributed by atoms with Gasteiger partial charge in [0.2, 0.25) is 0 Å². The van der Waals surface area contributed by atoms with Crippen LogP contribution < -0.4 is 0 Å². The van der Waals surface area contributed by atoms with E-state index in [0.717, 1.165) is 16.8 Å². The number of aromatic nitrogens is 3. The van der Waals surface area contributed by atoms with E-state index in [4.69, 9.17) is 33.2 Å². The summed E-state index contributed by atoms with van der Waals surface area (Å²) in [6, 6.07) is 20.0. The van der Waals surface area contributed by atoms with E-state index in [9.17, 15) is 5.26 Å². The molecular formula is C25H17Cl2N5O. The molecule has 0 aliphatic rings. The maximum atomic E-state index is 9.35. The summed E-state index contributed by atoms with van der Waals surface area (Å²) in [7, 11) is 1.89. The zero-order valence-corrected chi connectivity index (χ0v) is 19.0. The van der Waals surface area contributed by atoms with Crippen molar-refractivity contribution < 1.29 is 4.74 Å². The van der Waals surface area contributed by atoms with Crippen LogP contribution in [0, 0.1) is 22.7 Å². The number of halogens is 2. The molecule has 1 unspecified atom stereocenters. The van der Waals surface area contributed by atoms with Crippen molar-refractivity contribution in [1.29, 1.82) is 10.5 Å². The minimum absolute atomic E-state index is 0.202. The van der Waals surface area contributed by atoms with E-state index in [1.807, 2.05) is 29.8 Å². The van der Waals surface area contributed by atoms with Gasteiger partial charge in [-0.05, 0) is 42.0 Å². The molecule has 0 bridgehead atoms. The number of rotatable bonds is 6.